The minimum absolute atomic E-state index is 0.0125. The highest BCUT2D eigenvalue weighted by atomic mass is 32.1. The topological polar surface area (TPSA) is 32.3 Å². The van der Waals surface area contributed by atoms with Crippen LogP contribution >= 0.6 is 11.3 Å². The van der Waals surface area contributed by atoms with Crippen molar-refractivity contribution < 1.29 is 4.79 Å². The van der Waals surface area contributed by atoms with Gasteiger partial charge in [0.05, 0.1) is 6.04 Å². The van der Waals surface area contributed by atoms with Crippen molar-refractivity contribution in [3.63, 3.8) is 0 Å². The zero-order valence-corrected chi connectivity index (χ0v) is 14.5. The maximum absolute atomic E-state index is 12.8. The van der Waals surface area contributed by atoms with E-state index < -0.39 is 0 Å². The minimum atomic E-state index is -0.0125. The van der Waals surface area contributed by atoms with E-state index >= 15 is 0 Å². The first-order valence-electron chi connectivity index (χ1n) is 8.20. The quantitative estimate of drug-likeness (QED) is 0.820. The van der Waals surface area contributed by atoms with Gasteiger partial charge in [0.1, 0.15) is 6.17 Å². The second-order valence-electron chi connectivity index (χ2n) is 6.27. The Kier molecular flexibility index (Phi) is 5.82. The Hall–Kier alpha value is -0.870. The summed E-state index contributed by atoms with van der Waals surface area (Å²) in [6.45, 7) is 8.83. The molecule has 0 spiro atoms. The summed E-state index contributed by atoms with van der Waals surface area (Å²) in [6, 6.07) is 4.47. The second kappa shape index (κ2) is 7.41. The Balaban J connectivity index is 2.18. The summed E-state index contributed by atoms with van der Waals surface area (Å²) in [6.07, 6.45) is 4.27. The van der Waals surface area contributed by atoms with Gasteiger partial charge in [-0.15, -0.1) is 11.3 Å². The summed E-state index contributed by atoms with van der Waals surface area (Å²) in [7, 11) is 0. The van der Waals surface area contributed by atoms with Crippen molar-refractivity contribution in [1.82, 2.24) is 10.2 Å². The van der Waals surface area contributed by atoms with Gasteiger partial charge in [-0.1, -0.05) is 39.7 Å². The molecule has 3 nitrogen and oxygen atoms in total. The van der Waals surface area contributed by atoms with E-state index in [4.69, 9.17) is 0 Å². The van der Waals surface area contributed by atoms with Crippen molar-refractivity contribution in [3.8, 4) is 0 Å². The van der Waals surface area contributed by atoms with Gasteiger partial charge in [-0.3, -0.25) is 10.1 Å². The fraction of sp³-hybridized carbons (Fsp3) is 0.706. The number of rotatable bonds is 7. The Bertz CT molecular complexity index is 446. The van der Waals surface area contributed by atoms with Crippen LogP contribution < -0.4 is 5.32 Å². The van der Waals surface area contributed by atoms with Gasteiger partial charge in [-0.2, -0.15) is 0 Å². The fourth-order valence-corrected chi connectivity index (χ4v) is 3.93. The lowest BCUT2D eigenvalue weighted by Gasteiger charge is -2.31. The summed E-state index contributed by atoms with van der Waals surface area (Å²) in [5, 5.41) is 5.64. The highest BCUT2D eigenvalue weighted by Crippen LogP contribution is 2.33. The summed E-state index contributed by atoms with van der Waals surface area (Å²) in [4.78, 5) is 16.1. The van der Waals surface area contributed by atoms with Crippen LogP contribution in [0.5, 0.6) is 0 Å². The molecule has 1 aliphatic heterocycles. The number of hydrogen-bond acceptors (Lipinski definition) is 3. The van der Waals surface area contributed by atoms with Crippen molar-refractivity contribution in [3.05, 3.63) is 22.4 Å². The Morgan fingerprint density at radius 1 is 1.38 bits per heavy atom. The largest absolute Gasteiger partial charge is 0.318 e. The van der Waals surface area contributed by atoms with E-state index in [-0.39, 0.29) is 24.2 Å². The van der Waals surface area contributed by atoms with E-state index in [1.54, 1.807) is 11.3 Å². The van der Waals surface area contributed by atoms with Gasteiger partial charge >= 0.3 is 0 Å². The molecule has 1 aromatic heterocycles. The molecule has 21 heavy (non-hydrogen) atoms. The molecule has 4 atom stereocenters. The van der Waals surface area contributed by atoms with E-state index in [1.807, 2.05) is 0 Å². The first-order chi connectivity index (χ1) is 10.1. The van der Waals surface area contributed by atoms with Crippen LogP contribution in [-0.2, 0) is 4.79 Å². The molecule has 1 aliphatic rings. The van der Waals surface area contributed by atoms with E-state index in [9.17, 15) is 4.79 Å². The van der Waals surface area contributed by atoms with E-state index in [0.717, 1.165) is 19.3 Å². The molecule has 0 aromatic carbocycles. The van der Waals surface area contributed by atoms with Gasteiger partial charge < -0.3 is 4.90 Å². The number of nitrogens with zero attached hydrogens (tertiary/aromatic N) is 1. The predicted molar refractivity (Wildman–Crippen MR) is 89.3 cm³/mol. The summed E-state index contributed by atoms with van der Waals surface area (Å²) < 4.78 is 0. The average molecular weight is 308 g/mol. The Morgan fingerprint density at radius 2 is 2.14 bits per heavy atom. The van der Waals surface area contributed by atoms with Crippen molar-refractivity contribution >= 4 is 17.2 Å². The molecule has 4 heteroatoms. The van der Waals surface area contributed by atoms with Crippen molar-refractivity contribution in [2.45, 2.75) is 71.6 Å². The standard InChI is InChI=1S/C17H28N2OS/c1-5-8-14-17(20)19(13(4)11-12(3)6-2)16(18-14)15-9-7-10-21-15/h7,9-10,12-14,16,18H,5-6,8,11H2,1-4H3. The highest BCUT2D eigenvalue weighted by Gasteiger charge is 2.41. The molecule has 1 fully saturated rings. The van der Waals surface area contributed by atoms with Crippen LogP contribution in [0.15, 0.2) is 17.5 Å². The average Bonchev–Trinajstić information content (AvgIpc) is 3.08. The molecule has 0 radical (unpaired) electrons. The monoisotopic (exact) mass is 308 g/mol. The third kappa shape index (κ3) is 3.67. The molecule has 0 bridgehead atoms. The molecular formula is C17H28N2OS. The molecule has 4 unspecified atom stereocenters. The Morgan fingerprint density at radius 3 is 2.71 bits per heavy atom. The lowest BCUT2D eigenvalue weighted by Crippen LogP contribution is -2.39. The van der Waals surface area contributed by atoms with Crippen molar-refractivity contribution in [2.24, 2.45) is 5.92 Å². The normalized spacial score (nSPS) is 25.3. The van der Waals surface area contributed by atoms with Crippen LogP contribution in [0.4, 0.5) is 0 Å². The minimum Gasteiger partial charge on any atom is -0.318 e. The van der Waals surface area contributed by atoms with E-state index in [2.05, 4.69) is 55.4 Å². The van der Waals surface area contributed by atoms with Gasteiger partial charge in [-0.05, 0) is 37.1 Å². The van der Waals surface area contributed by atoms with Crippen LogP contribution in [0, 0.1) is 5.92 Å². The maximum atomic E-state index is 12.8. The third-order valence-electron chi connectivity index (χ3n) is 4.50. The number of hydrogen-bond donors (Lipinski definition) is 1. The second-order valence-corrected chi connectivity index (χ2v) is 7.25. The first-order valence-corrected chi connectivity index (χ1v) is 9.08. The third-order valence-corrected chi connectivity index (χ3v) is 5.42. The smallest absolute Gasteiger partial charge is 0.241 e. The highest BCUT2D eigenvalue weighted by molar-refractivity contribution is 7.10. The fourth-order valence-electron chi connectivity index (χ4n) is 3.15. The van der Waals surface area contributed by atoms with E-state index in [0.29, 0.717) is 5.92 Å². The van der Waals surface area contributed by atoms with E-state index in [1.165, 1.54) is 11.3 Å². The van der Waals surface area contributed by atoms with Gasteiger partial charge in [0, 0.05) is 10.9 Å². The van der Waals surface area contributed by atoms with Crippen LogP contribution in [0.1, 0.15) is 64.4 Å². The van der Waals surface area contributed by atoms with Gasteiger partial charge in [0.15, 0.2) is 0 Å². The number of nitrogens with one attached hydrogen (secondary N) is 1. The molecule has 2 rings (SSSR count). The maximum Gasteiger partial charge on any atom is 0.241 e. The molecule has 1 amide bonds. The lowest BCUT2D eigenvalue weighted by molar-refractivity contribution is -0.132. The van der Waals surface area contributed by atoms with Gasteiger partial charge in [0.2, 0.25) is 5.91 Å². The van der Waals surface area contributed by atoms with Gasteiger partial charge in [-0.25, -0.2) is 0 Å². The van der Waals surface area contributed by atoms with Crippen molar-refractivity contribution in [2.75, 3.05) is 0 Å². The Labute approximate surface area is 132 Å². The summed E-state index contributed by atoms with van der Waals surface area (Å²) in [5.41, 5.74) is 0. The molecule has 2 heterocycles. The SMILES string of the molecule is CCCC1NC(c2cccs2)N(C(C)CC(C)CC)C1=O. The molecule has 1 saturated heterocycles. The van der Waals surface area contributed by atoms with Crippen LogP contribution in [0.3, 0.4) is 0 Å². The summed E-state index contributed by atoms with van der Waals surface area (Å²) in [5.74, 6) is 0.938. The lowest BCUT2D eigenvalue weighted by atomic mass is 9.99. The zero-order valence-electron chi connectivity index (χ0n) is 13.6. The molecule has 0 saturated carbocycles. The molecule has 1 N–H and O–H groups in total. The van der Waals surface area contributed by atoms with Crippen LogP contribution in [0.2, 0.25) is 0 Å². The van der Waals surface area contributed by atoms with Crippen LogP contribution in [0.25, 0.3) is 0 Å². The van der Waals surface area contributed by atoms with Gasteiger partial charge in [0.25, 0.3) is 0 Å². The number of carbonyl (C=O) groups is 1. The molecule has 0 aliphatic carbocycles. The van der Waals surface area contributed by atoms with Crippen molar-refractivity contribution in [1.29, 1.82) is 0 Å². The molecular weight excluding hydrogens is 280 g/mol. The predicted octanol–water partition coefficient (Wildman–Crippen LogP) is 4.17. The molecule has 118 valence electrons. The number of amides is 1. The number of thiophene rings is 1. The first kappa shape index (κ1) is 16.5. The number of carbonyl (C=O) groups excluding carboxylic acids is 1. The zero-order chi connectivity index (χ0) is 15.4. The summed E-state index contributed by atoms with van der Waals surface area (Å²) >= 11 is 1.73. The van der Waals surface area contributed by atoms with Crippen LogP contribution in [-0.4, -0.2) is 22.9 Å². The molecule has 1 aromatic rings.